The van der Waals surface area contributed by atoms with Crippen LogP contribution in [0.3, 0.4) is 0 Å². The van der Waals surface area contributed by atoms with E-state index >= 15 is 0 Å². The second-order valence-corrected chi connectivity index (χ2v) is 8.75. The van der Waals surface area contributed by atoms with Crippen molar-refractivity contribution < 1.29 is 24.6 Å². The third-order valence-electron chi connectivity index (χ3n) is 5.45. The van der Waals surface area contributed by atoms with Crippen molar-refractivity contribution in [3.05, 3.63) is 10.6 Å². The quantitative estimate of drug-likeness (QED) is 0.337. The second-order valence-electron chi connectivity index (χ2n) is 7.36. The predicted molar refractivity (Wildman–Crippen MR) is 99.5 cm³/mol. The lowest BCUT2D eigenvalue weighted by Gasteiger charge is -2.44. The number of fused-ring (bicyclic) bond motifs is 1. The molecule has 2 saturated heterocycles. The zero-order chi connectivity index (χ0) is 19.9. The smallest absolute Gasteiger partial charge is 0.353 e. The van der Waals surface area contributed by atoms with Gasteiger partial charge in [-0.25, -0.2) is 4.79 Å². The Morgan fingerprint density at radius 2 is 2.19 bits per heavy atom. The maximum Gasteiger partial charge on any atom is 0.353 e. The Labute approximate surface area is 161 Å². The molecule has 0 radical (unpaired) electrons. The number of aliphatic hydroxyl groups is 1. The van der Waals surface area contributed by atoms with Crippen LogP contribution in [-0.2, 0) is 14.4 Å². The van der Waals surface area contributed by atoms with E-state index in [-0.39, 0.29) is 40.9 Å². The summed E-state index contributed by atoms with van der Waals surface area (Å²) < 4.78 is 0. The summed E-state index contributed by atoms with van der Waals surface area (Å²) in [6.07, 6.45) is 0.404. The fraction of sp³-hybridized carbons (Fsp3) is 0.706. The van der Waals surface area contributed by atoms with Gasteiger partial charge in [-0.15, -0.1) is 11.8 Å². The van der Waals surface area contributed by atoms with Gasteiger partial charge in [0.1, 0.15) is 5.70 Å². The van der Waals surface area contributed by atoms with Gasteiger partial charge < -0.3 is 31.5 Å². The highest BCUT2D eigenvalue weighted by molar-refractivity contribution is 8.03. The van der Waals surface area contributed by atoms with Crippen molar-refractivity contribution in [2.75, 3.05) is 13.1 Å². The van der Waals surface area contributed by atoms with E-state index in [1.807, 2.05) is 0 Å². The first-order chi connectivity index (χ1) is 12.7. The molecule has 2 fully saturated rings. The van der Waals surface area contributed by atoms with Gasteiger partial charge in [-0.1, -0.05) is 0 Å². The number of carboxylic acids is 1. The highest BCUT2D eigenvalue weighted by atomic mass is 32.2. The number of thioether (sulfide) groups is 1. The summed E-state index contributed by atoms with van der Waals surface area (Å²) in [5, 5.41) is 25.7. The molecule has 10 heteroatoms. The van der Waals surface area contributed by atoms with Crippen LogP contribution in [0.15, 0.2) is 10.6 Å². The summed E-state index contributed by atoms with van der Waals surface area (Å²) in [5.74, 6) is -2.10. The fourth-order valence-corrected chi connectivity index (χ4v) is 5.70. The molecule has 2 amide bonds. The molecule has 0 aliphatic carbocycles. The molecule has 6 N–H and O–H groups in total. The molecule has 0 aromatic rings. The van der Waals surface area contributed by atoms with Crippen molar-refractivity contribution in [2.45, 2.75) is 56.2 Å². The van der Waals surface area contributed by atoms with Crippen LogP contribution >= 0.6 is 11.8 Å². The molecule has 9 nitrogen and oxygen atoms in total. The number of amides is 2. The molecule has 27 heavy (non-hydrogen) atoms. The minimum atomic E-state index is -1.11. The summed E-state index contributed by atoms with van der Waals surface area (Å²) in [6, 6.07) is -0.422. The molecular weight excluding hydrogens is 372 g/mol. The minimum absolute atomic E-state index is 0.0237. The van der Waals surface area contributed by atoms with E-state index in [4.69, 9.17) is 5.73 Å². The molecule has 0 aromatic heterocycles. The molecule has 1 unspecified atom stereocenters. The van der Waals surface area contributed by atoms with E-state index in [2.05, 4.69) is 10.6 Å². The van der Waals surface area contributed by atoms with Crippen LogP contribution in [0.25, 0.3) is 0 Å². The number of hydrogen-bond donors (Lipinski definition) is 5. The Morgan fingerprint density at radius 1 is 1.48 bits per heavy atom. The zero-order valence-corrected chi connectivity index (χ0v) is 16.2. The Kier molecular flexibility index (Phi) is 5.80. The van der Waals surface area contributed by atoms with E-state index in [1.54, 1.807) is 6.92 Å². The molecule has 3 aliphatic rings. The number of aliphatic carboxylic acids is 1. The van der Waals surface area contributed by atoms with Crippen LogP contribution in [0.4, 0.5) is 0 Å². The molecular formula is C17H26N4O5S. The molecule has 0 saturated carbocycles. The van der Waals surface area contributed by atoms with Crippen LogP contribution in [-0.4, -0.2) is 75.5 Å². The highest BCUT2D eigenvalue weighted by Crippen LogP contribution is 2.48. The van der Waals surface area contributed by atoms with Gasteiger partial charge in [-0.3, -0.25) is 9.59 Å². The first-order valence-corrected chi connectivity index (χ1v) is 9.97. The zero-order valence-electron chi connectivity index (χ0n) is 15.3. The molecule has 0 aromatic carbocycles. The SMILES string of the molecule is CC(=O)NC(CN)[C@@H]1C[C@H](SC2=C(C(=O)O)N3C(=O)[C@H]([C@@H](C)O)[C@H]3C2)CN1. The van der Waals surface area contributed by atoms with Gasteiger partial charge in [-0.05, 0) is 13.3 Å². The van der Waals surface area contributed by atoms with E-state index < -0.39 is 18.0 Å². The van der Waals surface area contributed by atoms with E-state index in [1.165, 1.54) is 23.6 Å². The minimum Gasteiger partial charge on any atom is -0.477 e. The van der Waals surface area contributed by atoms with Gasteiger partial charge in [0.25, 0.3) is 0 Å². The fourth-order valence-electron chi connectivity index (χ4n) is 4.25. The van der Waals surface area contributed by atoms with Crippen molar-refractivity contribution in [3.63, 3.8) is 0 Å². The first kappa shape index (κ1) is 20.1. The van der Waals surface area contributed by atoms with E-state index in [0.29, 0.717) is 24.4 Å². The number of carbonyl (C=O) groups is 3. The number of β-lactam (4-membered cyclic amide) rings is 1. The van der Waals surface area contributed by atoms with E-state index in [0.717, 1.165) is 6.42 Å². The summed E-state index contributed by atoms with van der Waals surface area (Å²) in [6.45, 7) is 4.00. The van der Waals surface area contributed by atoms with Crippen molar-refractivity contribution >= 4 is 29.5 Å². The summed E-state index contributed by atoms with van der Waals surface area (Å²) >= 11 is 1.47. The third-order valence-corrected chi connectivity index (χ3v) is 6.79. The van der Waals surface area contributed by atoms with Crippen molar-refractivity contribution in [2.24, 2.45) is 11.7 Å². The molecule has 3 rings (SSSR count). The van der Waals surface area contributed by atoms with Gasteiger partial charge in [-0.2, -0.15) is 0 Å². The van der Waals surface area contributed by atoms with Crippen LogP contribution in [0, 0.1) is 5.92 Å². The Hall–Kier alpha value is -1.62. The average Bonchev–Trinajstić information content (AvgIpc) is 3.15. The number of carboxylic acid groups (broad SMARTS) is 1. The molecule has 6 atom stereocenters. The molecule has 3 aliphatic heterocycles. The van der Waals surface area contributed by atoms with Crippen LogP contribution < -0.4 is 16.4 Å². The lowest BCUT2D eigenvalue weighted by molar-refractivity contribution is -0.161. The molecule has 3 heterocycles. The standard InChI is InChI=1S/C17H26N4O5S/c1-7(22)14-12-4-13(15(17(25)26)21(12)16(14)24)27-9-3-10(19-6-9)11(5-18)20-8(2)23/h7,9-12,14,19,22H,3-6,18H2,1-2H3,(H,20,23)(H,25,26)/t7-,9+,10+,11?,12-,14-/m1/s1. The van der Waals surface area contributed by atoms with Gasteiger partial charge in [0.2, 0.25) is 11.8 Å². The number of rotatable bonds is 7. The van der Waals surface area contributed by atoms with Crippen molar-refractivity contribution in [1.82, 2.24) is 15.5 Å². The summed E-state index contributed by atoms with van der Waals surface area (Å²) in [7, 11) is 0. The lowest BCUT2D eigenvalue weighted by Crippen LogP contribution is -2.61. The number of hydrogen-bond acceptors (Lipinski definition) is 7. The largest absolute Gasteiger partial charge is 0.477 e. The third kappa shape index (κ3) is 3.71. The van der Waals surface area contributed by atoms with Crippen LogP contribution in [0.2, 0.25) is 0 Å². The van der Waals surface area contributed by atoms with Crippen LogP contribution in [0.5, 0.6) is 0 Å². The van der Waals surface area contributed by atoms with E-state index in [9.17, 15) is 24.6 Å². The van der Waals surface area contributed by atoms with Crippen molar-refractivity contribution in [1.29, 1.82) is 0 Å². The maximum atomic E-state index is 12.3. The van der Waals surface area contributed by atoms with Gasteiger partial charge in [0, 0.05) is 42.6 Å². The monoisotopic (exact) mass is 398 g/mol. The van der Waals surface area contributed by atoms with Crippen molar-refractivity contribution in [3.8, 4) is 0 Å². The number of aliphatic hydroxyl groups excluding tert-OH is 1. The Morgan fingerprint density at radius 3 is 2.74 bits per heavy atom. The predicted octanol–water partition coefficient (Wildman–Crippen LogP) is -1.18. The number of nitrogens with zero attached hydrogens (tertiary/aromatic N) is 1. The van der Waals surface area contributed by atoms with Gasteiger partial charge in [0.15, 0.2) is 0 Å². The Balaban J connectivity index is 1.68. The normalized spacial score (nSPS) is 32.1. The Bertz CT molecular complexity index is 682. The number of carbonyl (C=O) groups excluding carboxylic acids is 2. The summed E-state index contributed by atoms with van der Waals surface area (Å²) in [5.41, 5.74) is 5.81. The average molecular weight is 398 g/mol. The maximum absolute atomic E-state index is 12.3. The number of nitrogens with two attached hydrogens (primary N) is 1. The van der Waals surface area contributed by atoms with Gasteiger partial charge >= 0.3 is 5.97 Å². The van der Waals surface area contributed by atoms with Gasteiger partial charge in [0.05, 0.1) is 24.1 Å². The molecule has 0 bridgehead atoms. The van der Waals surface area contributed by atoms with Crippen LogP contribution in [0.1, 0.15) is 26.7 Å². The lowest BCUT2D eigenvalue weighted by atomic mass is 9.83. The number of nitrogens with one attached hydrogen (secondary N) is 2. The molecule has 150 valence electrons. The first-order valence-electron chi connectivity index (χ1n) is 9.09. The molecule has 0 spiro atoms. The second kappa shape index (κ2) is 7.78. The summed E-state index contributed by atoms with van der Waals surface area (Å²) in [4.78, 5) is 37.3. The highest BCUT2D eigenvalue weighted by Gasteiger charge is 2.57. The topological polar surface area (TPSA) is 145 Å².